The molecule has 1 aliphatic heterocycles. The number of benzene rings is 2. The molecule has 2 amide bonds. The summed E-state index contributed by atoms with van der Waals surface area (Å²) in [4.78, 5) is 16.7. The smallest absolute Gasteiger partial charge is 0.317 e. The number of hydrogen-bond donors (Lipinski definition) is 1. The molecule has 0 bridgehead atoms. The van der Waals surface area contributed by atoms with Crippen LogP contribution in [0.15, 0.2) is 54.6 Å². The Bertz CT molecular complexity index is 1000. The van der Waals surface area contributed by atoms with Gasteiger partial charge in [-0.05, 0) is 53.6 Å². The summed E-state index contributed by atoms with van der Waals surface area (Å²) in [6, 6.07) is 17.7. The Labute approximate surface area is 181 Å². The Morgan fingerprint density at radius 2 is 1.87 bits per heavy atom. The highest BCUT2D eigenvalue weighted by molar-refractivity contribution is 5.74. The topological polar surface area (TPSA) is 88.4 Å². The van der Waals surface area contributed by atoms with E-state index in [-0.39, 0.29) is 12.1 Å². The molecule has 1 N–H and O–H groups in total. The second-order valence-corrected chi connectivity index (χ2v) is 7.61. The molecule has 162 valence electrons. The summed E-state index contributed by atoms with van der Waals surface area (Å²) >= 11 is 0. The van der Waals surface area contributed by atoms with E-state index in [1.807, 2.05) is 66.4 Å². The number of piperazine rings is 1. The van der Waals surface area contributed by atoms with Crippen LogP contribution in [0.4, 0.5) is 10.7 Å². The van der Waals surface area contributed by atoms with Crippen molar-refractivity contribution in [3.8, 4) is 11.4 Å². The predicted octanol–water partition coefficient (Wildman–Crippen LogP) is 2.13. The number of nitrogens with one attached hydrogen (secondary N) is 1. The van der Waals surface area contributed by atoms with Crippen LogP contribution in [0.1, 0.15) is 12.5 Å². The van der Waals surface area contributed by atoms with Gasteiger partial charge in [-0.2, -0.15) is 4.68 Å². The molecule has 3 aromatic rings. The van der Waals surface area contributed by atoms with Gasteiger partial charge in [0.05, 0.1) is 12.8 Å². The Balaban J connectivity index is 1.31. The van der Waals surface area contributed by atoms with Crippen molar-refractivity contribution in [2.45, 2.75) is 19.4 Å². The number of amides is 2. The van der Waals surface area contributed by atoms with E-state index >= 15 is 0 Å². The summed E-state index contributed by atoms with van der Waals surface area (Å²) in [6.07, 6.45) is 0.745. The molecule has 1 aromatic heterocycles. The maximum absolute atomic E-state index is 12.7. The van der Waals surface area contributed by atoms with Gasteiger partial charge in [-0.3, -0.25) is 0 Å². The lowest BCUT2D eigenvalue weighted by Gasteiger charge is -2.35. The zero-order valence-electron chi connectivity index (χ0n) is 17.8. The summed E-state index contributed by atoms with van der Waals surface area (Å²) in [7, 11) is 1.66. The van der Waals surface area contributed by atoms with Crippen LogP contribution in [0.5, 0.6) is 5.75 Å². The van der Waals surface area contributed by atoms with Gasteiger partial charge in [0, 0.05) is 32.2 Å². The van der Waals surface area contributed by atoms with Crippen LogP contribution in [0.2, 0.25) is 0 Å². The summed E-state index contributed by atoms with van der Waals surface area (Å²) in [5.74, 6) is 1.52. The molecule has 1 atom stereocenters. The molecule has 0 radical (unpaired) electrons. The van der Waals surface area contributed by atoms with Crippen molar-refractivity contribution in [1.82, 2.24) is 30.4 Å². The third kappa shape index (κ3) is 4.93. The summed E-state index contributed by atoms with van der Waals surface area (Å²) < 4.78 is 7.00. The van der Waals surface area contributed by atoms with Crippen molar-refractivity contribution >= 4 is 12.0 Å². The third-order valence-corrected chi connectivity index (χ3v) is 5.35. The number of tetrazole rings is 1. The van der Waals surface area contributed by atoms with Crippen molar-refractivity contribution in [3.05, 3.63) is 60.2 Å². The minimum Gasteiger partial charge on any atom is -0.497 e. The van der Waals surface area contributed by atoms with Crippen molar-refractivity contribution in [3.63, 3.8) is 0 Å². The highest BCUT2D eigenvalue weighted by Crippen LogP contribution is 2.17. The Hall–Kier alpha value is -3.62. The van der Waals surface area contributed by atoms with Crippen LogP contribution in [0.25, 0.3) is 5.69 Å². The molecule has 1 unspecified atom stereocenters. The first-order chi connectivity index (χ1) is 15.1. The van der Waals surface area contributed by atoms with Crippen molar-refractivity contribution < 1.29 is 9.53 Å². The van der Waals surface area contributed by atoms with E-state index in [1.165, 1.54) is 0 Å². The number of para-hydroxylation sites is 1. The molecular formula is C22H27N7O2. The van der Waals surface area contributed by atoms with Gasteiger partial charge in [-0.1, -0.05) is 35.4 Å². The molecule has 0 aliphatic carbocycles. The third-order valence-electron chi connectivity index (χ3n) is 5.35. The molecule has 31 heavy (non-hydrogen) atoms. The van der Waals surface area contributed by atoms with Gasteiger partial charge < -0.3 is 19.9 Å². The quantitative estimate of drug-likeness (QED) is 0.656. The number of carbonyl (C=O) groups is 1. The minimum atomic E-state index is -0.0438. The van der Waals surface area contributed by atoms with Crippen molar-refractivity contribution in [2.24, 2.45) is 0 Å². The van der Waals surface area contributed by atoms with Crippen LogP contribution in [0.3, 0.4) is 0 Å². The average molecular weight is 422 g/mol. The number of rotatable bonds is 6. The summed E-state index contributed by atoms with van der Waals surface area (Å²) in [5.41, 5.74) is 2.04. The van der Waals surface area contributed by atoms with Crippen LogP contribution in [0, 0.1) is 0 Å². The van der Waals surface area contributed by atoms with Gasteiger partial charge in [0.25, 0.3) is 0 Å². The van der Waals surface area contributed by atoms with Gasteiger partial charge in [0.1, 0.15) is 5.75 Å². The molecule has 2 aromatic carbocycles. The molecule has 2 heterocycles. The van der Waals surface area contributed by atoms with Gasteiger partial charge >= 0.3 is 6.03 Å². The van der Waals surface area contributed by atoms with E-state index in [1.54, 1.807) is 11.8 Å². The Kier molecular flexibility index (Phi) is 6.30. The number of urea groups is 1. The normalized spacial score (nSPS) is 14.9. The highest BCUT2D eigenvalue weighted by Gasteiger charge is 2.25. The number of carbonyl (C=O) groups excluding carboxylic acids is 1. The lowest BCUT2D eigenvalue weighted by atomic mass is 10.1. The standard InChI is InChI=1S/C22H27N7O2/c1-17(15-18-7-6-10-20(16-18)31-2)23-22(30)28-13-11-27(12-14-28)21-24-25-26-29(21)19-8-4-3-5-9-19/h3-10,16-17H,11-15H2,1-2H3,(H,23,30). The van der Waals surface area contributed by atoms with Crippen LogP contribution >= 0.6 is 0 Å². The number of nitrogens with zero attached hydrogens (tertiary/aromatic N) is 6. The monoisotopic (exact) mass is 421 g/mol. The molecule has 1 aliphatic rings. The van der Waals surface area contributed by atoms with Crippen molar-refractivity contribution in [2.75, 3.05) is 38.2 Å². The molecular weight excluding hydrogens is 394 g/mol. The van der Waals surface area contributed by atoms with E-state index < -0.39 is 0 Å². The largest absolute Gasteiger partial charge is 0.497 e. The first-order valence-electron chi connectivity index (χ1n) is 10.4. The first kappa shape index (κ1) is 20.6. The Morgan fingerprint density at radius 3 is 2.61 bits per heavy atom. The van der Waals surface area contributed by atoms with Crippen LogP contribution < -0.4 is 15.0 Å². The van der Waals surface area contributed by atoms with Gasteiger partial charge in [0.15, 0.2) is 0 Å². The maximum Gasteiger partial charge on any atom is 0.317 e. The van der Waals surface area contributed by atoms with E-state index in [0.29, 0.717) is 32.1 Å². The molecule has 9 nitrogen and oxygen atoms in total. The van der Waals surface area contributed by atoms with Crippen LogP contribution in [-0.4, -0.2) is 70.5 Å². The predicted molar refractivity (Wildman–Crippen MR) is 118 cm³/mol. The minimum absolute atomic E-state index is 0.0167. The number of ether oxygens (including phenoxy) is 1. The van der Waals surface area contributed by atoms with E-state index in [9.17, 15) is 4.79 Å². The zero-order chi connectivity index (χ0) is 21.6. The number of methoxy groups -OCH3 is 1. The maximum atomic E-state index is 12.7. The fourth-order valence-corrected chi connectivity index (χ4v) is 3.73. The molecule has 9 heteroatoms. The Morgan fingerprint density at radius 1 is 1.10 bits per heavy atom. The van der Waals surface area contributed by atoms with E-state index in [0.717, 1.165) is 23.4 Å². The van der Waals surface area contributed by atoms with Gasteiger partial charge in [-0.15, -0.1) is 0 Å². The highest BCUT2D eigenvalue weighted by atomic mass is 16.5. The lowest BCUT2D eigenvalue weighted by Crippen LogP contribution is -2.53. The average Bonchev–Trinajstić information content (AvgIpc) is 3.30. The molecule has 0 spiro atoms. The first-order valence-corrected chi connectivity index (χ1v) is 10.4. The number of hydrogen-bond acceptors (Lipinski definition) is 6. The van der Waals surface area contributed by atoms with E-state index in [2.05, 4.69) is 25.7 Å². The number of anilines is 1. The van der Waals surface area contributed by atoms with Gasteiger partial charge in [0.2, 0.25) is 5.95 Å². The van der Waals surface area contributed by atoms with Crippen molar-refractivity contribution in [1.29, 1.82) is 0 Å². The molecule has 4 rings (SSSR count). The fourth-order valence-electron chi connectivity index (χ4n) is 3.73. The second kappa shape index (κ2) is 9.46. The van der Waals surface area contributed by atoms with Gasteiger partial charge in [-0.25, -0.2) is 4.79 Å². The molecule has 1 fully saturated rings. The summed E-state index contributed by atoms with van der Waals surface area (Å²) in [5, 5.41) is 15.3. The zero-order valence-corrected chi connectivity index (χ0v) is 17.8. The number of aromatic nitrogens is 4. The molecule has 1 saturated heterocycles. The summed E-state index contributed by atoms with van der Waals surface area (Å²) in [6.45, 7) is 4.58. The van der Waals surface area contributed by atoms with E-state index in [4.69, 9.17) is 4.74 Å². The SMILES string of the molecule is COc1cccc(CC(C)NC(=O)N2CCN(c3nnnn3-c3ccccc3)CC2)c1. The fraction of sp³-hybridized carbons (Fsp3) is 0.364. The molecule has 0 saturated carbocycles. The second-order valence-electron chi connectivity index (χ2n) is 7.61. The van der Waals surface area contributed by atoms with Crippen LogP contribution in [-0.2, 0) is 6.42 Å². The lowest BCUT2D eigenvalue weighted by molar-refractivity contribution is 0.190.